The number of rotatable bonds is 4. The second kappa shape index (κ2) is 6.12. The number of benzene rings is 1. The van der Waals surface area contributed by atoms with Crippen molar-refractivity contribution in [3.05, 3.63) is 28.8 Å². The van der Waals surface area contributed by atoms with Gasteiger partial charge in [-0.2, -0.15) is 0 Å². The minimum absolute atomic E-state index is 0.212. The number of ether oxygens (including phenoxy) is 1. The summed E-state index contributed by atoms with van der Waals surface area (Å²) in [4.78, 5) is 2.47. The number of nitrogens with zero attached hydrogens (tertiary/aromatic N) is 1. The van der Waals surface area contributed by atoms with E-state index in [1.807, 2.05) is 18.2 Å². The van der Waals surface area contributed by atoms with Crippen LogP contribution in [0, 0.1) is 0 Å². The lowest BCUT2D eigenvalue weighted by atomic mass is 9.95. The Labute approximate surface area is 120 Å². The minimum Gasteiger partial charge on any atom is -0.496 e. The summed E-state index contributed by atoms with van der Waals surface area (Å²) < 4.78 is 5.42. The molecule has 0 aromatic heterocycles. The van der Waals surface area contributed by atoms with E-state index >= 15 is 0 Å². The van der Waals surface area contributed by atoms with Crippen molar-refractivity contribution in [3.8, 4) is 5.75 Å². The number of nitrogens with one attached hydrogen (secondary N) is 1. The number of methoxy groups -OCH3 is 1. The second-order valence-electron chi connectivity index (χ2n) is 5.51. The summed E-state index contributed by atoms with van der Waals surface area (Å²) in [6.45, 7) is 8.56. The standard InChI is InChI=1S/C15H23ClN2O/c1-4-15(2)11-18(8-7-17-15)10-12-9-13(16)5-6-14(12)19-3/h5-6,9,17H,4,7-8,10-11H2,1-3H3. The summed E-state index contributed by atoms with van der Waals surface area (Å²) in [5.41, 5.74) is 1.37. The van der Waals surface area contributed by atoms with Gasteiger partial charge in [0.15, 0.2) is 0 Å². The molecule has 0 bridgehead atoms. The van der Waals surface area contributed by atoms with Gasteiger partial charge < -0.3 is 10.1 Å². The topological polar surface area (TPSA) is 24.5 Å². The molecular weight excluding hydrogens is 260 g/mol. The Morgan fingerprint density at radius 3 is 2.95 bits per heavy atom. The Bertz CT molecular complexity index is 438. The third kappa shape index (κ3) is 3.62. The predicted octanol–water partition coefficient (Wildman–Crippen LogP) is 2.92. The van der Waals surface area contributed by atoms with Crippen LogP contribution < -0.4 is 10.1 Å². The molecule has 3 nitrogen and oxygen atoms in total. The molecule has 2 rings (SSSR count). The van der Waals surface area contributed by atoms with Gasteiger partial charge in [0.1, 0.15) is 5.75 Å². The molecule has 1 aromatic rings. The van der Waals surface area contributed by atoms with Gasteiger partial charge in [-0.1, -0.05) is 18.5 Å². The van der Waals surface area contributed by atoms with Gasteiger partial charge in [-0.3, -0.25) is 4.90 Å². The molecule has 0 radical (unpaired) electrons. The van der Waals surface area contributed by atoms with Crippen LogP contribution in [0.1, 0.15) is 25.8 Å². The monoisotopic (exact) mass is 282 g/mol. The lowest BCUT2D eigenvalue weighted by Gasteiger charge is -2.41. The average Bonchev–Trinajstić information content (AvgIpc) is 2.39. The van der Waals surface area contributed by atoms with Crippen LogP contribution in [0.15, 0.2) is 18.2 Å². The van der Waals surface area contributed by atoms with E-state index in [4.69, 9.17) is 16.3 Å². The van der Waals surface area contributed by atoms with Crippen LogP contribution in [0.2, 0.25) is 5.02 Å². The average molecular weight is 283 g/mol. The lowest BCUT2D eigenvalue weighted by Crippen LogP contribution is -2.58. The van der Waals surface area contributed by atoms with Crippen molar-refractivity contribution in [1.82, 2.24) is 10.2 Å². The molecule has 0 amide bonds. The summed E-state index contributed by atoms with van der Waals surface area (Å²) >= 11 is 6.09. The van der Waals surface area contributed by atoms with E-state index < -0.39 is 0 Å². The van der Waals surface area contributed by atoms with E-state index in [-0.39, 0.29) is 5.54 Å². The zero-order valence-electron chi connectivity index (χ0n) is 12.0. The van der Waals surface area contributed by atoms with Crippen LogP contribution >= 0.6 is 11.6 Å². The molecule has 1 aromatic carbocycles. The highest BCUT2D eigenvalue weighted by Crippen LogP contribution is 2.25. The van der Waals surface area contributed by atoms with Crippen molar-refractivity contribution >= 4 is 11.6 Å². The van der Waals surface area contributed by atoms with Gasteiger partial charge in [0.25, 0.3) is 0 Å². The molecule has 1 N–H and O–H groups in total. The van der Waals surface area contributed by atoms with Crippen molar-refractivity contribution in [3.63, 3.8) is 0 Å². The van der Waals surface area contributed by atoms with Gasteiger partial charge in [-0.25, -0.2) is 0 Å². The van der Waals surface area contributed by atoms with Gasteiger partial charge in [0, 0.05) is 42.3 Å². The number of piperazine rings is 1. The van der Waals surface area contributed by atoms with Crippen molar-refractivity contribution in [1.29, 1.82) is 0 Å². The summed E-state index contributed by atoms with van der Waals surface area (Å²) in [6.07, 6.45) is 1.14. The third-order valence-corrected chi connectivity index (χ3v) is 4.20. The molecule has 1 heterocycles. The first-order chi connectivity index (χ1) is 9.06. The van der Waals surface area contributed by atoms with E-state index in [0.29, 0.717) is 0 Å². The molecule has 1 fully saturated rings. The molecule has 106 valence electrons. The third-order valence-electron chi connectivity index (χ3n) is 3.97. The normalized spacial score (nSPS) is 24.4. The van der Waals surface area contributed by atoms with E-state index in [9.17, 15) is 0 Å². The van der Waals surface area contributed by atoms with Crippen LogP contribution in [0.25, 0.3) is 0 Å². The quantitative estimate of drug-likeness (QED) is 0.919. The Balaban J connectivity index is 2.10. The highest BCUT2D eigenvalue weighted by atomic mass is 35.5. The zero-order valence-corrected chi connectivity index (χ0v) is 12.8. The molecule has 1 unspecified atom stereocenters. The van der Waals surface area contributed by atoms with Crippen molar-refractivity contribution in [2.24, 2.45) is 0 Å². The number of hydrogen-bond donors (Lipinski definition) is 1. The molecule has 0 spiro atoms. The summed E-state index contributed by atoms with van der Waals surface area (Å²) in [6, 6.07) is 5.82. The van der Waals surface area contributed by atoms with Crippen molar-refractivity contribution in [2.75, 3.05) is 26.7 Å². The molecule has 1 aliphatic rings. The largest absolute Gasteiger partial charge is 0.496 e. The van der Waals surface area contributed by atoms with Crippen molar-refractivity contribution < 1.29 is 4.74 Å². The Morgan fingerprint density at radius 1 is 1.47 bits per heavy atom. The van der Waals surface area contributed by atoms with Crippen LogP contribution in [0.5, 0.6) is 5.75 Å². The molecule has 4 heteroatoms. The van der Waals surface area contributed by atoms with Crippen LogP contribution in [-0.4, -0.2) is 37.2 Å². The Hall–Kier alpha value is -0.770. The first-order valence-corrected chi connectivity index (χ1v) is 7.24. The predicted molar refractivity (Wildman–Crippen MR) is 80.0 cm³/mol. The maximum Gasteiger partial charge on any atom is 0.123 e. The van der Waals surface area contributed by atoms with Crippen molar-refractivity contribution in [2.45, 2.75) is 32.4 Å². The Kier molecular flexibility index (Phi) is 4.71. The highest BCUT2D eigenvalue weighted by Gasteiger charge is 2.28. The molecule has 1 saturated heterocycles. The molecule has 19 heavy (non-hydrogen) atoms. The van der Waals surface area contributed by atoms with E-state index in [2.05, 4.69) is 24.1 Å². The van der Waals surface area contributed by atoms with Gasteiger partial charge in [-0.05, 0) is 31.5 Å². The number of halogens is 1. The lowest BCUT2D eigenvalue weighted by molar-refractivity contribution is 0.132. The molecular formula is C15H23ClN2O. The van der Waals surface area contributed by atoms with Crippen LogP contribution in [0.4, 0.5) is 0 Å². The van der Waals surface area contributed by atoms with Gasteiger partial charge in [0.05, 0.1) is 7.11 Å². The molecule has 1 aliphatic heterocycles. The molecule has 0 saturated carbocycles. The smallest absolute Gasteiger partial charge is 0.123 e. The van der Waals surface area contributed by atoms with Crippen LogP contribution in [-0.2, 0) is 6.54 Å². The van der Waals surface area contributed by atoms with E-state index in [1.54, 1.807) is 7.11 Å². The minimum atomic E-state index is 0.212. The maximum absolute atomic E-state index is 6.09. The fourth-order valence-electron chi connectivity index (χ4n) is 2.63. The van der Waals surface area contributed by atoms with Gasteiger partial charge in [-0.15, -0.1) is 0 Å². The SMILES string of the molecule is CCC1(C)CN(Cc2cc(Cl)ccc2OC)CCN1. The maximum atomic E-state index is 6.09. The summed E-state index contributed by atoms with van der Waals surface area (Å²) in [5.74, 6) is 0.918. The fourth-order valence-corrected chi connectivity index (χ4v) is 2.82. The first kappa shape index (κ1) is 14.6. The zero-order chi connectivity index (χ0) is 13.9. The Morgan fingerprint density at radius 2 is 2.26 bits per heavy atom. The van der Waals surface area contributed by atoms with Gasteiger partial charge >= 0.3 is 0 Å². The molecule has 0 aliphatic carbocycles. The summed E-state index contributed by atoms with van der Waals surface area (Å²) in [7, 11) is 1.71. The summed E-state index contributed by atoms with van der Waals surface area (Å²) in [5, 5.41) is 4.37. The molecule has 1 atom stereocenters. The van der Waals surface area contributed by atoms with E-state index in [1.165, 1.54) is 0 Å². The second-order valence-corrected chi connectivity index (χ2v) is 5.94. The van der Waals surface area contributed by atoms with E-state index in [0.717, 1.165) is 48.9 Å². The number of hydrogen-bond acceptors (Lipinski definition) is 3. The van der Waals surface area contributed by atoms with Gasteiger partial charge in [0.2, 0.25) is 0 Å². The highest BCUT2D eigenvalue weighted by molar-refractivity contribution is 6.30. The fraction of sp³-hybridized carbons (Fsp3) is 0.600. The first-order valence-electron chi connectivity index (χ1n) is 6.86. The van der Waals surface area contributed by atoms with Crippen LogP contribution in [0.3, 0.4) is 0 Å².